The molecule has 5 heteroatoms. The predicted molar refractivity (Wildman–Crippen MR) is 87.6 cm³/mol. The van der Waals surface area contributed by atoms with E-state index in [0.29, 0.717) is 11.8 Å². The van der Waals surface area contributed by atoms with E-state index in [2.05, 4.69) is 0 Å². The van der Waals surface area contributed by atoms with Crippen molar-refractivity contribution in [2.45, 2.75) is 80.9 Å². The van der Waals surface area contributed by atoms with E-state index in [1.807, 2.05) is 13.8 Å². The summed E-state index contributed by atoms with van der Waals surface area (Å²) in [6.07, 6.45) is 10.2. The van der Waals surface area contributed by atoms with Crippen LogP contribution in [0.1, 0.15) is 65.2 Å². The van der Waals surface area contributed by atoms with E-state index in [4.69, 9.17) is 0 Å². The maximum absolute atomic E-state index is 12.0. The van der Waals surface area contributed by atoms with Crippen LogP contribution in [-0.2, 0) is 9.59 Å². The number of nitrogens with zero attached hydrogens (tertiary/aromatic N) is 1. The van der Waals surface area contributed by atoms with E-state index in [0.717, 1.165) is 32.1 Å². The summed E-state index contributed by atoms with van der Waals surface area (Å²) in [5, 5.41) is 9.75. The first kappa shape index (κ1) is 16.2. The average molecular weight is 325 g/mol. The quantitative estimate of drug-likeness (QED) is 0.804. The second kappa shape index (κ2) is 5.73. The van der Waals surface area contributed by atoms with Crippen molar-refractivity contribution in [3.05, 3.63) is 0 Å². The summed E-state index contributed by atoms with van der Waals surface area (Å²) < 4.78 is -0.433. The van der Waals surface area contributed by atoms with E-state index in [-0.39, 0.29) is 4.87 Å². The van der Waals surface area contributed by atoms with Crippen molar-refractivity contribution in [1.82, 2.24) is 4.90 Å². The molecule has 1 N–H and O–H groups in total. The molecule has 1 atom stereocenters. The van der Waals surface area contributed by atoms with E-state index in [1.54, 1.807) is 16.7 Å². The maximum atomic E-state index is 12.0. The lowest BCUT2D eigenvalue weighted by Crippen LogP contribution is -2.56. The van der Waals surface area contributed by atoms with Gasteiger partial charge in [-0.05, 0) is 51.4 Å². The van der Waals surface area contributed by atoms with Crippen molar-refractivity contribution in [2.24, 2.45) is 11.8 Å². The van der Waals surface area contributed by atoms with Gasteiger partial charge in [0.25, 0.3) is 0 Å². The van der Waals surface area contributed by atoms with Crippen LogP contribution in [0.3, 0.4) is 0 Å². The summed E-state index contributed by atoms with van der Waals surface area (Å²) in [7, 11) is 0. The van der Waals surface area contributed by atoms with Gasteiger partial charge in [0.05, 0.1) is 4.87 Å². The molecule has 1 amide bonds. The van der Waals surface area contributed by atoms with E-state index in [9.17, 15) is 14.7 Å². The predicted octanol–water partition coefficient (Wildman–Crippen LogP) is 3.50. The highest BCUT2D eigenvalue weighted by Gasteiger charge is 2.64. The van der Waals surface area contributed by atoms with Gasteiger partial charge in [-0.25, -0.2) is 4.79 Å². The van der Waals surface area contributed by atoms with Gasteiger partial charge in [-0.15, -0.1) is 11.8 Å². The standard InChI is InChI=1S/C17H27NO3S/c1-16(2)14(15(20)21)18(11-19)17(22-16,12-7-3-4-8-12)13-9-5-6-10-13/h11-14H,3-10H2,1-2H3,(H,20,21). The Hall–Kier alpha value is -0.710. The molecule has 0 aromatic heterocycles. The largest absolute Gasteiger partial charge is 0.480 e. The molecule has 0 spiro atoms. The summed E-state index contributed by atoms with van der Waals surface area (Å²) >= 11 is 1.79. The van der Waals surface area contributed by atoms with Crippen molar-refractivity contribution in [2.75, 3.05) is 0 Å². The Morgan fingerprint density at radius 2 is 1.55 bits per heavy atom. The molecular formula is C17H27NO3S. The fourth-order valence-corrected chi connectivity index (χ4v) is 7.45. The first-order valence-electron chi connectivity index (χ1n) is 8.60. The Morgan fingerprint density at radius 3 is 1.91 bits per heavy atom. The Morgan fingerprint density at radius 1 is 1.09 bits per heavy atom. The Balaban J connectivity index is 2.07. The highest BCUT2D eigenvalue weighted by Crippen LogP contribution is 2.62. The highest BCUT2D eigenvalue weighted by molar-refractivity contribution is 8.02. The van der Waals surface area contributed by atoms with Gasteiger partial charge in [0.15, 0.2) is 0 Å². The lowest BCUT2D eigenvalue weighted by atomic mass is 9.82. The second-order valence-electron chi connectivity index (χ2n) is 7.67. The summed E-state index contributed by atoms with van der Waals surface area (Å²) in [4.78, 5) is 25.3. The average Bonchev–Trinajstić information content (AvgIpc) is 3.16. The molecule has 0 radical (unpaired) electrons. The van der Waals surface area contributed by atoms with Gasteiger partial charge >= 0.3 is 5.97 Å². The van der Waals surface area contributed by atoms with Crippen LogP contribution in [0.25, 0.3) is 0 Å². The molecule has 0 bridgehead atoms. The normalized spacial score (nSPS) is 31.7. The Labute approximate surface area is 137 Å². The van der Waals surface area contributed by atoms with Crippen molar-refractivity contribution >= 4 is 24.1 Å². The van der Waals surface area contributed by atoms with Gasteiger partial charge in [0.1, 0.15) is 6.04 Å². The van der Waals surface area contributed by atoms with Crippen LogP contribution in [0, 0.1) is 11.8 Å². The minimum absolute atomic E-state index is 0.290. The van der Waals surface area contributed by atoms with Crippen LogP contribution < -0.4 is 0 Å². The van der Waals surface area contributed by atoms with Crippen molar-refractivity contribution in [3.63, 3.8) is 0 Å². The molecule has 1 unspecified atom stereocenters. The molecule has 1 aliphatic heterocycles. The molecule has 1 saturated heterocycles. The summed E-state index contributed by atoms with van der Waals surface area (Å²) in [6.45, 7) is 4.00. The Kier molecular flexibility index (Phi) is 4.21. The molecule has 2 aliphatic carbocycles. The van der Waals surface area contributed by atoms with E-state index < -0.39 is 16.8 Å². The van der Waals surface area contributed by atoms with Gasteiger partial charge in [-0.1, -0.05) is 25.7 Å². The van der Waals surface area contributed by atoms with Crippen LogP contribution in [0.15, 0.2) is 0 Å². The third-order valence-electron chi connectivity index (χ3n) is 5.99. The number of carbonyl (C=O) groups is 2. The number of carboxylic acid groups (broad SMARTS) is 1. The molecule has 3 rings (SSSR count). The number of hydrogen-bond donors (Lipinski definition) is 1. The zero-order valence-corrected chi connectivity index (χ0v) is 14.4. The Bertz CT molecular complexity index is 437. The first-order valence-corrected chi connectivity index (χ1v) is 9.42. The minimum Gasteiger partial charge on any atom is -0.480 e. The number of rotatable bonds is 4. The minimum atomic E-state index is -0.859. The van der Waals surface area contributed by atoms with E-state index in [1.165, 1.54) is 25.7 Å². The number of thioether (sulfide) groups is 1. The lowest BCUT2D eigenvalue weighted by molar-refractivity contribution is -0.150. The fraction of sp³-hybridized carbons (Fsp3) is 0.882. The van der Waals surface area contributed by atoms with Crippen molar-refractivity contribution in [3.8, 4) is 0 Å². The molecule has 0 aromatic rings. The van der Waals surface area contributed by atoms with Crippen LogP contribution in [-0.4, -0.2) is 38.0 Å². The van der Waals surface area contributed by atoms with Crippen molar-refractivity contribution < 1.29 is 14.7 Å². The van der Waals surface area contributed by atoms with Crippen molar-refractivity contribution in [1.29, 1.82) is 0 Å². The molecule has 2 saturated carbocycles. The lowest BCUT2D eigenvalue weighted by Gasteiger charge is -2.46. The van der Waals surface area contributed by atoms with Gasteiger partial charge in [0, 0.05) is 4.75 Å². The molecule has 4 nitrogen and oxygen atoms in total. The third-order valence-corrected chi connectivity index (χ3v) is 7.95. The number of carboxylic acids is 1. The van der Waals surface area contributed by atoms with Gasteiger partial charge in [0.2, 0.25) is 6.41 Å². The molecule has 3 aliphatic rings. The monoisotopic (exact) mass is 325 g/mol. The molecule has 22 heavy (non-hydrogen) atoms. The molecule has 0 aromatic carbocycles. The SMILES string of the molecule is CC1(C)SC(C2CCCC2)(C2CCCC2)N(C=O)C1C(=O)O. The van der Waals surface area contributed by atoms with Crippen LogP contribution >= 0.6 is 11.8 Å². The summed E-state index contributed by atoms with van der Waals surface area (Å²) in [5.74, 6) is 0.0475. The van der Waals surface area contributed by atoms with Gasteiger partial charge in [-0.2, -0.15) is 0 Å². The fourth-order valence-electron chi connectivity index (χ4n) is 5.23. The third kappa shape index (κ3) is 2.27. The smallest absolute Gasteiger partial charge is 0.327 e. The second-order valence-corrected chi connectivity index (χ2v) is 9.58. The summed E-state index contributed by atoms with van der Waals surface area (Å²) in [6, 6.07) is -0.712. The number of aliphatic carboxylic acids is 1. The molecule has 124 valence electrons. The number of amides is 1. The van der Waals surface area contributed by atoms with Crippen LogP contribution in [0.2, 0.25) is 0 Å². The number of carbonyl (C=O) groups excluding carboxylic acids is 1. The van der Waals surface area contributed by atoms with Crippen LogP contribution in [0.5, 0.6) is 0 Å². The molecular weight excluding hydrogens is 298 g/mol. The number of hydrogen-bond acceptors (Lipinski definition) is 3. The highest BCUT2D eigenvalue weighted by atomic mass is 32.2. The first-order chi connectivity index (χ1) is 10.4. The maximum Gasteiger partial charge on any atom is 0.327 e. The van der Waals surface area contributed by atoms with Gasteiger partial charge in [-0.3, -0.25) is 4.79 Å². The molecule has 3 fully saturated rings. The molecule has 1 heterocycles. The van der Waals surface area contributed by atoms with E-state index >= 15 is 0 Å². The van der Waals surface area contributed by atoms with Gasteiger partial charge < -0.3 is 10.0 Å². The van der Waals surface area contributed by atoms with Crippen LogP contribution in [0.4, 0.5) is 0 Å². The zero-order chi connectivity index (χ0) is 16.0. The topological polar surface area (TPSA) is 57.6 Å². The summed E-state index contributed by atoms with van der Waals surface area (Å²) in [5.41, 5.74) is 0. The zero-order valence-electron chi connectivity index (χ0n) is 13.6.